The van der Waals surface area contributed by atoms with Gasteiger partial charge in [-0.3, -0.25) is 0 Å². The van der Waals surface area contributed by atoms with Crippen molar-refractivity contribution in [3.63, 3.8) is 0 Å². The predicted octanol–water partition coefficient (Wildman–Crippen LogP) is 4.60. The van der Waals surface area contributed by atoms with Gasteiger partial charge in [0.15, 0.2) is 6.61 Å². The van der Waals surface area contributed by atoms with Gasteiger partial charge in [-0.05, 0) is 36.8 Å². The first-order valence-electron chi connectivity index (χ1n) is 5.69. The van der Waals surface area contributed by atoms with Gasteiger partial charge in [0, 0.05) is 0 Å². The molecule has 0 bridgehead atoms. The number of hydrogen-bond acceptors (Lipinski definition) is 1. The molecule has 0 amide bonds. The van der Waals surface area contributed by atoms with Crippen molar-refractivity contribution >= 4 is 0 Å². The van der Waals surface area contributed by atoms with E-state index in [0.29, 0.717) is 5.75 Å². The van der Waals surface area contributed by atoms with Gasteiger partial charge in [-0.15, -0.1) is 0 Å². The molecule has 0 aromatic heterocycles. The van der Waals surface area contributed by atoms with E-state index >= 15 is 0 Å². The Labute approximate surface area is 109 Å². The van der Waals surface area contributed by atoms with Gasteiger partial charge in [0.1, 0.15) is 5.75 Å². The van der Waals surface area contributed by atoms with E-state index in [-0.39, 0.29) is 0 Å². The SMILES string of the molecule is Cc1cccc([CH]Oc2ccc(C(F)(F)F)cc2)c1. The van der Waals surface area contributed by atoms with Gasteiger partial charge in [-0.2, -0.15) is 13.2 Å². The Morgan fingerprint density at radius 2 is 1.68 bits per heavy atom. The van der Waals surface area contributed by atoms with E-state index in [4.69, 9.17) is 4.74 Å². The maximum atomic E-state index is 12.4. The van der Waals surface area contributed by atoms with Gasteiger partial charge in [-0.25, -0.2) is 0 Å². The lowest BCUT2D eigenvalue weighted by Crippen LogP contribution is -2.04. The number of rotatable bonds is 3. The highest BCUT2D eigenvalue weighted by atomic mass is 19.4. The summed E-state index contributed by atoms with van der Waals surface area (Å²) in [6.07, 6.45) is -4.32. The van der Waals surface area contributed by atoms with Gasteiger partial charge in [0.2, 0.25) is 0 Å². The minimum absolute atomic E-state index is 0.370. The molecular weight excluding hydrogens is 253 g/mol. The summed E-state index contributed by atoms with van der Waals surface area (Å²) < 4.78 is 42.4. The Morgan fingerprint density at radius 3 is 2.26 bits per heavy atom. The molecule has 4 heteroatoms. The zero-order chi connectivity index (χ0) is 13.9. The average molecular weight is 265 g/mol. The smallest absolute Gasteiger partial charge is 0.416 e. The highest BCUT2D eigenvalue weighted by Gasteiger charge is 2.29. The van der Waals surface area contributed by atoms with Crippen LogP contribution in [0.3, 0.4) is 0 Å². The minimum atomic E-state index is -4.32. The van der Waals surface area contributed by atoms with E-state index in [1.54, 1.807) is 0 Å². The van der Waals surface area contributed by atoms with E-state index in [9.17, 15) is 13.2 Å². The van der Waals surface area contributed by atoms with Gasteiger partial charge < -0.3 is 4.74 Å². The number of hydrogen-bond donors (Lipinski definition) is 0. The maximum Gasteiger partial charge on any atom is 0.416 e. The van der Waals surface area contributed by atoms with E-state index in [1.807, 2.05) is 31.2 Å². The second-order valence-electron chi connectivity index (χ2n) is 4.17. The number of aryl methyl sites for hydroxylation is 1. The summed E-state index contributed by atoms with van der Waals surface area (Å²) in [7, 11) is 0. The fourth-order valence-electron chi connectivity index (χ4n) is 1.60. The molecule has 0 saturated carbocycles. The van der Waals surface area contributed by atoms with Crippen LogP contribution < -0.4 is 4.74 Å². The summed E-state index contributed by atoms with van der Waals surface area (Å²) in [6.45, 7) is 3.46. The molecule has 99 valence electrons. The zero-order valence-corrected chi connectivity index (χ0v) is 10.2. The second-order valence-corrected chi connectivity index (χ2v) is 4.17. The normalized spacial score (nSPS) is 11.4. The van der Waals surface area contributed by atoms with Gasteiger partial charge >= 0.3 is 6.18 Å². The molecule has 0 saturated heterocycles. The Balaban J connectivity index is 2.01. The highest BCUT2D eigenvalue weighted by molar-refractivity contribution is 5.32. The monoisotopic (exact) mass is 265 g/mol. The van der Waals surface area contributed by atoms with Crippen LogP contribution in [0.15, 0.2) is 48.5 Å². The van der Waals surface area contributed by atoms with Crippen molar-refractivity contribution < 1.29 is 17.9 Å². The van der Waals surface area contributed by atoms with Crippen molar-refractivity contribution in [1.29, 1.82) is 0 Å². The van der Waals surface area contributed by atoms with Crippen molar-refractivity contribution in [3.8, 4) is 5.75 Å². The lowest BCUT2D eigenvalue weighted by molar-refractivity contribution is -0.137. The minimum Gasteiger partial charge on any atom is -0.481 e. The third-order valence-corrected chi connectivity index (χ3v) is 2.55. The van der Waals surface area contributed by atoms with Gasteiger partial charge in [-0.1, -0.05) is 29.8 Å². The molecule has 1 nitrogen and oxygen atoms in total. The Hall–Kier alpha value is -1.97. The van der Waals surface area contributed by atoms with Crippen molar-refractivity contribution in [3.05, 3.63) is 71.8 Å². The summed E-state index contributed by atoms with van der Waals surface area (Å²) in [5.74, 6) is 0.370. The van der Waals surface area contributed by atoms with Crippen LogP contribution in [0.1, 0.15) is 16.7 Å². The number of ether oxygens (including phenoxy) is 1. The first kappa shape index (κ1) is 13.5. The van der Waals surface area contributed by atoms with Crippen LogP contribution in [0.4, 0.5) is 13.2 Å². The summed E-state index contributed by atoms with van der Waals surface area (Å²) in [6, 6.07) is 12.2. The largest absolute Gasteiger partial charge is 0.481 e. The molecule has 0 heterocycles. The quantitative estimate of drug-likeness (QED) is 0.787. The van der Waals surface area contributed by atoms with Crippen LogP contribution in [0.2, 0.25) is 0 Å². The van der Waals surface area contributed by atoms with Crippen LogP contribution in [-0.2, 0) is 6.18 Å². The maximum absolute atomic E-state index is 12.4. The second kappa shape index (κ2) is 5.34. The first-order chi connectivity index (χ1) is 8.95. The third-order valence-electron chi connectivity index (χ3n) is 2.55. The molecule has 19 heavy (non-hydrogen) atoms. The number of benzene rings is 2. The topological polar surface area (TPSA) is 9.23 Å². The fourth-order valence-corrected chi connectivity index (χ4v) is 1.60. The molecule has 2 rings (SSSR count). The van der Waals surface area contributed by atoms with Crippen LogP contribution >= 0.6 is 0 Å². The van der Waals surface area contributed by atoms with Crippen molar-refractivity contribution in [2.45, 2.75) is 13.1 Å². The molecule has 0 N–H and O–H groups in total. The molecule has 2 aromatic rings. The molecule has 0 unspecified atom stereocenters. The molecule has 0 aliphatic rings. The Morgan fingerprint density at radius 1 is 1.00 bits per heavy atom. The van der Waals surface area contributed by atoms with Gasteiger partial charge in [0.05, 0.1) is 5.56 Å². The summed E-state index contributed by atoms with van der Waals surface area (Å²) in [5, 5.41) is 0. The van der Waals surface area contributed by atoms with E-state index < -0.39 is 11.7 Å². The van der Waals surface area contributed by atoms with Crippen LogP contribution in [0.5, 0.6) is 5.75 Å². The predicted molar refractivity (Wildman–Crippen MR) is 66.7 cm³/mol. The number of halogens is 3. The zero-order valence-electron chi connectivity index (χ0n) is 10.2. The highest BCUT2D eigenvalue weighted by Crippen LogP contribution is 2.30. The standard InChI is InChI=1S/C15H12F3O/c1-11-3-2-4-12(9-11)10-19-14-7-5-13(6-8-14)15(16,17)18/h2-10H,1H3. The van der Waals surface area contributed by atoms with Gasteiger partial charge in [0.25, 0.3) is 0 Å². The van der Waals surface area contributed by atoms with Crippen LogP contribution in [-0.4, -0.2) is 0 Å². The summed E-state index contributed by atoms with van der Waals surface area (Å²) in [5.41, 5.74) is 1.26. The lowest BCUT2D eigenvalue weighted by Gasteiger charge is -2.09. The van der Waals surface area contributed by atoms with Crippen molar-refractivity contribution in [2.24, 2.45) is 0 Å². The van der Waals surface area contributed by atoms with Crippen molar-refractivity contribution in [2.75, 3.05) is 0 Å². The Bertz CT molecular complexity index is 544. The summed E-state index contributed by atoms with van der Waals surface area (Å²) in [4.78, 5) is 0. The molecule has 0 fully saturated rings. The average Bonchev–Trinajstić information content (AvgIpc) is 2.36. The summed E-state index contributed by atoms with van der Waals surface area (Å²) >= 11 is 0. The molecule has 0 aliphatic carbocycles. The molecule has 1 radical (unpaired) electrons. The fraction of sp³-hybridized carbons (Fsp3) is 0.133. The van der Waals surface area contributed by atoms with Crippen LogP contribution in [0.25, 0.3) is 0 Å². The first-order valence-corrected chi connectivity index (χ1v) is 5.69. The molecule has 0 atom stereocenters. The molecule has 2 aromatic carbocycles. The van der Waals surface area contributed by atoms with Crippen LogP contribution in [0, 0.1) is 13.5 Å². The molecule has 0 spiro atoms. The molecular formula is C15H12F3O. The lowest BCUT2D eigenvalue weighted by atomic mass is 10.1. The molecule has 0 aliphatic heterocycles. The van der Waals surface area contributed by atoms with E-state index in [1.165, 1.54) is 18.7 Å². The number of alkyl halides is 3. The van der Waals surface area contributed by atoms with E-state index in [0.717, 1.165) is 23.3 Å². The van der Waals surface area contributed by atoms with E-state index in [2.05, 4.69) is 0 Å². The third kappa shape index (κ3) is 3.74. The Kier molecular flexibility index (Phi) is 3.79. The van der Waals surface area contributed by atoms with Crippen molar-refractivity contribution in [1.82, 2.24) is 0 Å².